The predicted molar refractivity (Wildman–Crippen MR) is 96.7 cm³/mol. The lowest BCUT2D eigenvalue weighted by Crippen LogP contribution is -2.36. The highest BCUT2D eigenvalue weighted by Crippen LogP contribution is 2.38. The lowest BCUT2D eigenvalue weighted by Gasteiger charge is -2.29. The average molecular weight is 342 g/mol. The largest absolute Gasteiger partial charge is 0.376 e. The van der Waals surface area contributed by atoms with Crippen LogP contribution in [-0.4, -0.2) is 39.2 Å². The maximum absolute atomic E-state index is 5.84. The topological polar surface area (TPSA) is 53.2 Å². The Bertz CT molecular complexity index is 711. The molecule has 2 N–H and O–H groups in total. The van der Waals surface area contributed by atoms with Crippen molar-refractivity contribution >= 4 is 17.3 Å². The molecular formula is C18H22N4OS. The Morgan fingerprint density at radius 1 is 1.33 bits per heavy atom. The minimum Gasteiger partial charge on any atom is -0.376 e. The van der Waals surface area contributed by atoms with Crippen LogP contribution in [0.4, 0.5) is 0 Å². The van der Waals surface area contributed by atoms with E-state index in [0.29, 0.717) is 0 Å². The van der Waals surface area contributed by atoms with E-state index >= 15 is 0 Å². The normalized spacial score (nSPS) is 26.8. The zero-order chi connectivity index (χ0) is 16.5. The van der Waals surface area contributed by atoms with Crippen molar-refractivity contribution in [2.45, 2.75) is 38.0 Å². The minimum atomic E-state index is 0.0400. The Kier molecular flexibility index (Phi) is 4.24. The van der Waals surface area contributed by atoms with Gasteiger partial charge in [0.05, 0.1) is 23.9 Å². The quantitative estimate of drug-likeness (QED) is 0.837. The number of pyridine rings is 1. The Balaban J connectivity index is 1.67. The Hall–Kier alpha value is -1.92. The molecule has 0 aliphatic carbocycles. The molecule has 3 atom stereocenters. The van der Waals surface area contributed by atoms with Gasteiger partial charge in [-0.25, -0.2) is 0 Å². The Morgan fingerprint density at radius 2 is 2.25 bits per heavy atom. The molecule has 0 saturated carbocycles. The van der Waals surface area contributed by atoms with E-state index in [1.54, 1.807) is 0 Å². The summed E-state index contributed by atoms with van der Waals surface area (Å²) in [5, 5.41) is 4.25. The van der Waals surface area contributed by atoms with Gasteiger partial charge in [-0.15, -0.1) is 0 Å². The highest BCUT2D eigenvalue weighted by Gasteiger charge is 2.41. The van der Waals surface area contributed by atoms with E-state index in [1.807, 2.05) is 18.3 Å². The van der Waals surface area contributed by atoms with Crippen molar-refractivity contribution in [3.8, 4) is 0 Å². The molecule has 2 aliphatic rings. The van der Waals surface area contributed by atoms with Gasteiger partial charge in [-0.1, -0.05) is 6.07 Å². The first-order valence-corrected chi connectivity index (χ1v) is 8.88. The predicted octanol–water partition coefficient (Wildman–Crippen LogP) is 2.87. The van der Waals surface area contributed by atoms with E-state index in [2.05, 4.69) is 45.3 Å². The van der Waals surface area contributed by atoms with Crippen LogP contribution in [0.1, 0.15) is 42.0 Å². The zero-order valence-electron chi connectivity index (χ0n) is 13.7. The minimum absolute atomic E-state index is 0.0400. The number of H-pyrrole nitrogens is 1. The summed E-state index contributed by atoms with van der Waals surface area (Å²) in [6.07, 6.45) is 4.32. The molecule has 126 valence electrons. The number of nitrogens with zero attached hydrogens (tertiary/aromatic N) is 2. The second-order valence-corrected chi connectivity index (χ2v) is 6.90. The molecule has 0 amide bonds. The van der Waals surface area contributed by atoms with Crippen LogP contribution in [0.15, 0.2) is 36.5 Å². The Labute approximate surface area is 147 Å². The monoisotopic (exact) mass is 342 g/mol. The summed E-state index contributed by atoms with van der Waals surface area (Å²) in [5.74, 6) is 0. The average Bonchev–Trinajstić information content (AvgIpc) is 3.31. The number of hydrogen-bond donors (Lipinski definition) is 2. The molecule has 2 saturated heterocycles. The number of thiocarbonyl (C=S) groups is 1. The number of aromatic amines is 1. The van der Waals surface area contributed by atoms with Crippen molar-refractivity contribution in [1.29, 1.82) is 0 Å². The summed E-state index contributed by atoms with van der Waals surface area (Å²) in [7, 11) is 0. The van der Waals surface area contributed by atoms with Gasteiger partial charge < -0.3 is 19.9 Å². The third kappa shape index (κ3) is 2.91. The lowest BCUT2D eigenvalue weighted by molar-refractivity contribution is 0.0838. The third-order valence-electron chi connectivity index (χ3n) is 4.80. The fourth-order valence-corrected chi connectivity index (χ4v) is 3.96. The van der Waals surface area contributed by atoms with Crippen LogP contribution in [0.5, 0.6) is 0 Å². The smallest absolute Gasteiger partial charge is 0.170 e. The highest BCUT2D eigenvalue weighted by atomic mass is 32.1. The summed E-state index contributed by atoms with van der Waals surface area (Å²) in [6.45, 7) is 3.75. The van der Waals surface area contributed by atoms with Crippen LogP contribution in [0.3, 0.4) is 0 Å². The van der Waals surface area contributed by atoms with Crippen molar-refractivity contribution in [2.75, 3.05) is 13.2 Å². The summed E-state index contributed by atoms with van der Waals surface area (Å²) >= 11 is 5.65. The lowest BCUT2D eigenvalue weighted by atomic mass is 10.0. The Morgan fingerprint density at radius 3 is 2.92 bits per heavy atom. The third-order valence-corrected chi connectivity index (χ3v) is 5.15. The number of rotatable bonds is 4. The second kappa shape index (κ2) is 6.53. The van der Waals surface area contributed by atoms with Crippen molar-refractivity contribution in [2.24, 2.45) is 0 Å². The molecule has 5 nitrogen and oxygen atoms in total. The van der Waals surface area contributed by atoms with Gasteiger partial charge in [0.25, 0.3) is 0 Å². The summed E-state index contributed by atoms with van der Waals surface area (Å²) < 4.78 is 5.84. The SMILES string of the molecule is Cc1ccc(C2C(c3ccccn3)NC(=S)N2CC2CCCO2)[nH]1. The van der Waals surface area contributed by atoms with Crippen LogP contribution in [0, 0.1) is 6.92 Å². The molecule has 6 heteroatoms. The van der Waals surface area contributed by atoms with Crippen LogP contribution in [0.2, 0.25) is 0 Å². The van der Waals surface area contributed by atoms with Gasteiger partial charge in [0, 0.05) is 30.7 Å². The maximum Gasteiger partial charge on any atom is 0.170 e. The van der Waals surface area contributed by atoms with E-state index in [1.165, 1.54) is 0 Å². The molecule has 4 heterocycles. The molecule has 0 radical (unpaired) electrons. The molecule has 0 aromatic carbocycles. The molecule has 3 unspecified atom stereocenters. The van der Waals surface area contributed by atoms with Gasteiger partial charge in [0.1, 0.15) is 0 Å². The van der Waals surface area contributed by atoms with E-state index < -0.39 is 0 Å². The van der Waals surface area contributed by atoms with Crippen LogP contribution >= 0.6 is 12.2 Å². The molecule has 0 bridgehead atoms. The van der Waals surface area contributed by atoms with Crippen molar-refractivity contribution < 1.29 is 4.74 Å². The fourth-order valence-electron chi connectivity index (χ4n) is 3.65. The first-order valence-electron chi connectivity index (χ1n) is 8.47. The van der Waals surface area contributed by atoms with Crippen LogP contribution in [-0.2, 0) is 4.74 Å². The van der Waals surface area contributed by atoms with Crippen molar-refractivity contribution in [3.05, 3.63) is 53.6 Å². The van der Waals surface area contributed by atoms with Gasteiger partial charge in [-0.2, -0.15) is 0 Å². The van der Waals surface area contributed by atoms with Crippen LogP contribution < -0.4 is 5.32 Å². The number of nitrogens with one attached hydrogen (secondary N) is 2. The van der Waals surface area contributed by atoms with Crippen molar-refractivity contribution in [1.82, 2.24) is 20.2 Å². The fraction of sp³-hybridized carbons (Fsp3) is 0.444. The second-order valence-electron chi connectivity index (χ2n) is 6.51. The highest BCUT2D eigenvalue weighted by molar-refractivity contribution is 7.80. The van der Waals surface area contributed by atoms with Crippen LogP contribution in [0.25, 0.3) is 0 Å². The maximum atomic E-state index is 5.84. The van der Waals surface area contributed by atoms with Gasteiger partial charge in [0.15, 0.2) is 5.11 Å². The van der Waals surface area contributed by atoms with Gasteiger partial charge >= 0.3 is 0 Å². The van der Waals surface area contributed by atoms with Gasteiger partial charge in [0.2, 0.25) is 0 Å². The molecule has 24 heavy (non-hydrogen) atoms. The molecule has 0 spiro atoms. The standard InChI is InChI=1S/C18H22N4OS/c1-12-7-8-15(20-12)17-16(14-6-2-3-9-19-14)21-18(24)22(17)11-13-5-4-10-23-13/h2-3,6-9,13,16-17,20H,4-5,10-11H2,1H3,(H,21,24). The number of ether oxygens (including phenoxy) is 1. The summed E-state index contributed by atoms with van der Waals surface area (Å²) in [5.41, 5.74) is 3.32. The first kappa shape index (κ1) is 15.6. The molecule has 4 rings (SSSR count). The molecule has 2 aromatic rings. The summed E-state index contributed by atoms with van der Waals surface area (Å²) in [4.78, 5) is 10.3. The number of aryl methyl sites for hydroxylation is 1. The van der Waals surface area contributed by atoms with Gasteiger partial charge in [-0.05, 0) is 56.2 Å². The summed E-state index contributed by atoms with van der Waals surface area (Å²) in [6, 6.07) is 10.4. The van der Waals surface area contributed by atoms with E-state index in [-0.39, 0.29) is 18.2 Å². The van der Waals surface area contributed by atoms with E-state index in [9.17, 15) is 0 Å². The van der Waals surface area contributed by atoms with E-state index in [0.717, 1.165) is 48.2 Å². The number of hydrogen-bond acceptors (Lipinski definition) is 3. The molecular weight excluding hydrogens is 320 g/mol. The molecule has 2 fully saturated rings. The zero-order valence-corrected chi connectivity index (χ0v) is 14.6. The van der Waals surface area contributed by atoms with E-state index in [4.69, 9.17) is 17.0 Å². The molecule has 2 aromatic heterocycles. The van der Waals surface area contributed by atoms with Crippen molar-refractivity contribution in [3.63, 3.8) is 0 Å². The molecule has 2 aliphatic heterocycles. The number of aromatic nitrogens is 2. The van der Waals surface area contributed by atoms with Gasteiger partial charge in [-0.3, -0.25) is 4.98 Å². The first-order chi connectivity index (χ1) is 11.7.